The monoisotopic (exact) mass is 477 g/mol. The summed E-state index contributed by atoms with van der Waals surface area (Å²) in [5, 5.41) is 6.58. The molecule has 1 saturated carbocycles. The third kappa shape index (κ3) is 7.57. The van der Waals surface area contributed by atoms with Crippen molar-refractivity contribution in [3.8, 4) is 11.5 Å². The van der Waals surface area contributed by atoms with Crippen molar-refractivity contribution in [1.82, 2.24) is 5.32 Å². The van der Waals surface area contributed by atoms with Crippen LogP contribution < -0.4 is 20.1 Å². The molecule has 1 aromatic rings. The maximum absolute atomic E-state index is 5.87. The molecule has 2 N–H and O–H groups in total. The van der Waals surface area contributed by atoms with Crippen LogP contribution in [0.25, 0.3) is 0 Å². The molecular weight excluding hydrogens is 445 g/mol. The summed E-state index contributed by atoms with van der Waals surface area (Å²) in [7, 11) is 3.40. The Bertz CT molecular complexity index is 549. The maximum atomic E-state index is 5.87. The summed E-state index contributed by atoms with van der Waals surface area (Å²) >= 11 is 0. The first-order valence-corrected chi connectivity index (χ1v) is 9.17. The largest absolute Gasteiger partial charge is 0.493 e. The first-order valence-electron chi connectivity index (χ1n) is 9.17. The van der Waals surface area contributed by atoms with Gasteiger partial charge in [-0.2, -0.15) is 0 Å². The van der Waals surface area contributed by atoms with Crippen LogP contribution in [0.3, 0.4) is 0 Å². The number of hydrogen-bond acceptors (Lipinski definition) is 4. The van der Waals surface area contributed by atoms with Gasteiger partial charge in [0.05, 0.1) is 19.8 Å². The van der Waals surface area contributed by atoms with E-state index in [2.05, 4.69) is 15.6 Å². The van der Waals surface area contributed by atoms with E-state index < -0.39 is 0 Å². The van der Waals surface area contributed by atoms with E-state index in [9.17, 15) is 0 Å². The van der Waals surface area contributed by atoms with Crippen LogP contribution in [0.5, 0.6) is 11.5 Å². The molecule has 0 atom stereocenters. The summed E-state index contributed by atoms with van der Waals surface area (Å²) in [6.07, 6.45) is 6.50. The van der Waals surface area contributed by atoms with E-state index in [0.29, 0.717) is 12.7 Å². The highest BCUT2D eigenvalue weighted by molar-refractivity contribution is 14.0. The first kappa shape index (κ1) is 22.8. The zero-order valence-corrected chi connectivity index (χ0v) is 18.4. The number of nitrogens with one attached hydrogen (secondary N) is 2. The first-order chi connectivity index (χ1) is 12.3. The van der Waals surface area contributed by atoms with Gasteiger partial charge in [-0.25, -0.2) is 0 Å². The molecule has 0 aromatic heterocycles. The third-order valence-corrected chi connectivity index (χ3v) is 4.22. The standard InChI is InChI=1S/C19H31N3O3.HI/c1-4-24-18-14-15(10-11-17(18)23-3)22-19(20-2)21-12-7-13-25-16-8-5-6-9-16;/h10-11,14,16H,4-9,12-13H2,1-3H3,(H2,20,21,22);1H. The van der Waals surface area contributed by atoms with Gasteiger partial charge in [0.2, 0.25) is 0 Å². The molecule has 1 aliphatic rings. The molecule has 7 heteroatoms. The predicted octanol–water partition coefficient (Wildman–Crippen LogP) is 4.05. The lowest BCUT2D eigenvalue weighted by atomic mass is 10.2. The van der Waals surface area contributed by atoms with E-state index in [1.54, 1.807) is 14.2 Å². The van der Waals surface area contributed by atoms with Gasteiger partial charge in [0, 0.05) is 32.0 Å². The second-order valence-corrected chi connectivity index (χ2v) is 6.05. The summed E-state index contributed by atoms with van der Waals surface area (Å²) in [6, 6.07) is 5.74. The molecule has 1 aromatic carbocycles. The molecule has 0 radical (unpaired) electrons. The predicted molar refractivity (Wildman–Crippen MR) is 117 cm³/mol. The highest BCUT2D eigenvalue weighted by Gasteiger charge is 2.14. The lowest BCUT2D eigenvalue weighted by molar-refractivity contribution is 0.0574. The Morgan fingerprint density at radius 1 is 1.23 bits per heavy atom. The Morgan fingerprint density at radius 3 is 2.65 bits per heavy atom. The number of halogens is 1. The van der Waals surface area contributed by atoms with Crippen molar-refractivity contribution in [3.05, 3.63) is 18.2 Å². The van der Waals surface area contributed by atoms with E-state index in [1.165, 1.54) is 25.7 Å². The van der Waals surface area contributed by atoms with E-state index in [-0.39, 0.29) is 24.0 Å². The summed E-state index contributed by atoms with van der Waals surface area (Å²) < 4.78 is 16.8. The van der Waals surface area contributed by atoms with E-state index >= 15 is 0 Å². The fourth-order valence-corrected chi connectivity index (χ4v) is 2.92. The maximum Gasteiger partial charge on any atom is 0.195 e. The fourth-order valence-electron chi connectivity index (χ4n) is 2.92. The van der Waals surface area contributed by atoms with Crippen LogP contribution in [0.15, 0.2) is 23.2 Å². The minimum Gasteiger partial charge on any atom is -0.493 e. The number of benzene rings is 1. The van der Waals surface area contributed by atoms with Gasteiger partial charge in [0.1, 0.15) is 0 Å². The highest BCUT2D eigenvalue weighted by Crippen LogP contribution is 2.30. The zero-order chi connectivity index (χ0) is 17.9. The van der Waals surface area contributed by atoms with Crippen LogP contribution in [-0.4, -0.2) is 46.0 Å². The topological polar surface area (TPSA) is 64.1 Å². The van der Waals surface area contributed by atoms with Crippen LogP contribution >= 0.6 is 24.0 Å². The minimum atomic E-state index is 0. The number of hydrogen-bond donors (Lipinski definition) is 2. The molecule has 0 unspecified atom stereocenters. The van der Waals surface area contributed by atoms with Gasteiger partial charge >= 0.3 is 0 Å². The molecule has 148 valence electrons. The molecule has 1 fully saturated rings. The van der Waals surface area contributed by atoms with E-state index in [4.69, 9.17) is 14.2 Å². The molecule has 6 nitrogen and oxygen atoms in total. The summed E-state index contributed by atoms with van der Waals surface area (Å²) in [4.78, 5) is 4.26. The number of nitrogens with zero attached hydrogens (tertiary/aromatic N) is 1. The molecule has 0 saturated heterocycles. The lowest BCUT2D eigenvalue weighted by Gasteiger charge is -2.15. The van der Waals surface area contributed by atoms with Crippen molar-refractivity contribution >= 4 is 35.6 Å². The molecule has 0 amide bonds. The minimum absolute atomic E-state index is 0. The van der Waals surface area contributed by atoms with Crippen LogP contribution in [-0.2, 0) is 4.74 Å². The number of aliphatic imine (C=N–C) groups is 1. The number of methoxy groups -OCH3 is 1. The Labute approximate surface area is 174 Å². The van der Waals surface area contributed by atoms with Crippen molar-refractivity contribution in [2.75, 3.05) is 39.2 Å². The van der Waals surface area contributed by atoms with E-state index in [0.717, 1.165) is 42.7 Å². The van der Waals surface area contributed by atoms with Gasteiger partial charge in [0.15, 0.2) is 17.5 Å². The Morgan fingerprint density at radius 2 is 2.00 bits per heavy atom. The second-order valence-electron chi connectivity index (χ2n) is 6.05. The molecular formula is C19H32IN3O3. The summed E-state index contributed by atoms with van der Waals surface area (Å²) in [5.74, 6) is 2.17. The van der Waals surface area contributed by atoms with Gasteiger partial charge in [-0.1, -0.05) is 12.8 Å². The number of ether oxygens (including phenoxy) is 3. The van der Waals surface area contributed by atoms with E-state index in [1.807, 2.05) is 25.1 Å². The number of rotatable bonds is 9. The summed E-state index contributed by atoms with van der Waals surface area (Å²) in [5.41, 5.74) is 0.902. The Kier molecular flexibility index (Phi) is 11.4. The van der Waals surface area contributed by atoms with Crippen LogP contribution in [0, 0.1) is 0 Å². The normalized spacial score (nSPS) is 14.7. The fraction of sp³-hybridized carbons (Fsp3) is 0.632. The molecule has 0 spiro atoms. The summed E-state index contributed by atoms with van der Waals surface area (Å²) in [6.45, 7) is 4.16. The Hall–Kier alpha value is -1.22. The molecule has 0 bridgehead atoms. The van der Waals surface area contributed by atoms with Crippen molar-refractivity contribution in [3.63, 3.8) is 0 Å². The third-order valence-electron chi connectivity index (χ3n) is 4.22. The SMILES string of the molecule is CCOc1cc(NC(=NC)NCCCOC2CCCC2)ccc1OC.I. The zero-order valence-electron chi connectivity index (χ0n) is 16.0. The van der Waals surface area contributed by atoms with Gasteiger partial charge in [-0.05, 0) is 38.3 Å². The highest BCUT2D eigenvalue weighted by atomic mass is 127. The molecule has 26 heavy (non-hydrogen) atoms. The van der Waals surface area contributed by atoms with Crippen LogP contribution in [0.1, 0.15) is 39.0 Å². The van der Waals surface area contributed by atoms with Gasteiger partial charge < -0.3 is 24.8 Å². The average molecular weight is 477 g/mol. The van der Waals surface area contributed by atoms with Crippen molar-refractivity contribution in [2.24, 2.45) is 4.99 Å². The van der Waals surface area contributed by atoms with Gasteiger partial charge in [-0.3, -0.25) is 4.99 Å². The van der Waals surface area contributed by atoms with Gasteiger partial charge in [-0.15, -0.1) is 24.0 Å². The number of anilines is 1. The van der Waals surface area contributed by atoms with Crippen molar-refractivity contribution in [1.29, 1.82) is 0 Å². The molecule has 0 heterocycles. The average Bonchev–Trinajstić information content (AvgIpc) is 3.14. The van der Waals surface area contributed by atoms with Crippen LogP contribution in [0.4, 0.5) is 5.69 Å². The van der Waals surface area contributed by atoms with Crippen LogP contribution in [0.2, 0.25) is 0 Å². The molecule has 1 aliphatic carbocycles. The Balaban J connectivity index is 0.00000338. The van der Waals surface area contributed by atoms with Crippen molar-refractivity contribution < 1.29 is 14.2 Å². The molecule has 0 aliphatic heterocycles. The van der Waals surface area contributed by atoms with Gasteiger partial charge in [0.25, 0.3) is 0 Å². The van der Waals surface area contributed by atoms with Crippen molar-refractivity contribution in [2.45, 2.75) is 45.1 Å². The smallest absolute Gasteiger partial charge is 0.195 e. The quantitative estimate of drug-likeness (QED) is 0.243. The molecule has 2 rings (SSSR count). The lowest BCUT2D eigenvalue weighted by Crippen LogP contribution is -2.32. The number of guanidine groups is 1. The second kappa shape index (κ2) is 13.0.